The lowest BCUT2D eigenvalue weighted by atomic mass is 10.0. The van der Waals surface area contributed by atoms with Crippen LogP contribution in [0.25, 0.3) is 11.1 Å². The van der Waals surface area contributed by atoms with Crippen LogP contribution in [0.3, 0.4) is 0 Å². The molecule has 0 heterocycles. The van der Waals surface area contributed by atoms with Gasteiger partial charge in [0.25, 0.3) is 0 Å². The smallest absolute Gasteiger partial charge is 0.314 e. The summed E-state index contributed by atoms with van der Waals surface area (Å²) in [6.07, 6.45) is 1.56. The summed E-state index contributed by atoms with van der Waals surface area (Å²) in [6, 6.07) is 25.2. The molecule has 0 amide bonds. The van der Waals surface area contributed by atoms with Crippen LogP contribution >= 0.6 is 0 Å². The fourth-order valence-electron chi connectivity index (χ4n) is 2.87. The number of carbonyl (C=O) groups is 1. The van der Waals surface area contributed by atoms with E-state index in [0.717, 1.165) is 24.1 Å². The Balaban J connectivity index is 1.62. The van der Waals surface area contributed by atoms with Crippen molar-refractivity contribution in [3.8, 4) is 16.9 Å². The summed E-state index contributed by atoms with van der Waals surface area (Å²) in [4.78, 5) is 12.0. The summed E-state index contributed by atoms with van der Waals surface area (Å²) in [5.41, 5.74) is 3.80. The average Bonchev–Trinajstić information content (AvgIpc) is 2.75. The van der Waals surface area contributed by atoms with Gasteiger partial charge in [0.2, 0.25) is 0 Å². The molecule has 0 aliphatic heterocycles. The van der Waals surface area contributed by atoms with E-state index >= 15 is 0 Å². The number of rotatable bonds is 7. The second-order valence-electron chi connectivity index (χ2n) is 6.54. The molecule has 142 valence electrons. The van der Waals surface area contributed by atoms with Crippen LogP contribution in [0.2, 0.25) is 0 Å². The normalized spacial score (nSPS) is 11.1. The molecular weight excluding hydrogens is 348 g/mol. The van der Waals surface area contributed by atoms with Crippen molar-refractivity contribution < 1.29 is 9.53 Å². The first-order chi connectivity index (χ1) is 13.7. The number of azo groups is 1. The van der Waals surface area contributed by atoms with Gasteiger partial charge in [0.1, 0.15) is 5.75 Å². The molecular formula is C24H24N2O2. The number of hydrogen-bond acceptors (Lipinski definition) is 4. The molecule has 0 aliphatic carbocycles. The molecule has 0 aromatic heterocycles. The Labute approximate surface area is 165 Å². The van der Waals surface area contributed by atoms with Crippen LogP contribution in [0.15, 0.2) is 89.1 Å². The van der Waals surface area contributed by atoms with Gasteiger partial charge in [0.15, 0.2) is 0 Å². The second-order valence-corrected chi connectivity index (χ2v) is 6.54. The minimum Gasteiger partial charge on any atom is -0.426 e. The summed E-state index contributed by atoms with van der Waals surface area (Å²) >= 11 is 0. The van der Waals surface area contributed by atoms with Crippen LogP contribution in [-0.2, 0) is 4.79 Å². The molecule has 0 saturated carbocycles. The molecule has 3 aromatic rings. The standard InChI is InChI=1S/C24H24N2O2/c1-3-18(4-2)24(27)28-23-16-14-22(15-17-23)26-25-21-12-10-20(11-13-21)19-8-6-5-7-9-19/h5-18H,3-4H2,1-2H3/b26-25+. The molecule has 4 heteroatoms. The minimum atomic E-state index is -0.183. The number of hydrogen-bond donors (Lipinski definition) is 0. The first kappa shape index (κ1) is 19.5. The molecule has 0 spiro atoms. The van der Waals surface area contributed by atoms with Gasteiger partial charge in [0.05, 0.1) is 17.3 Å². The van der Waals surface area contributed by atoms with Crippen LogP contribution in [0.1, 0.15) is 26.7 Å². The van der Waals surface area contributed by atoms with Gasteiger partial charge in [-0.1, -0.05) is 56.3 Å². The summed E-state index contributed by atoms with van der Waals surface area (Å²) in [6.45, 7) is 3.98. The van der Waals surface area contributed by atoms with Crippen molar-refractivity contribution in [2.45, 2.75) is 26.7 Å². The number of nitrogens with zero attached hydrogens (tertiary/aromatic N) is 2. The Bertz CT molecular complexity index is 913. The lowest BCUT2D eigenvalue weighted by Gasteiger charge is -2.11. The predicted molar refractivity (Wildman–Crippen MR) is 112 cm³/mol. The third-order valence-electron chi connectivity index (χ3n) is 4.63. The van der Waals surface area contributed by atoms with Crippen molar-refractivity contribution >= 4 is 17.3 Å². The molecule has 0 radical (unpaired) electrons. The largest absolute Gasteiger partial charge is 0.426 e. The predicted octanol–water partition coefficient (Wildman–Crippen LogP) is 7.11. The maximum Gasteiger partial charge on any atom is 0.314 e. The van der Waals surface area contributed by atoms with Gasteiger partial charge in [-0.15, -0.1) is 0 Å². The van der Waals surface area contributed by atoms with Crippen LogP contribution < -0.4 is 4.74 Å². The SMILES string of the molecule is CCC(CC)C(=O)Oc1ccc(/N=N/c2ccc(-c3ccccc3)cc2)cc1. The van der Waals surface area contributed by atoms with Crippen LogP contribution in [-0.4, -0.2) is 5.97 Å². The first-order valence-corrected chi connectivity index (χ1v) is 9.58. The summed E-state index contributed by atoms with van der Waals surface area (Å²) in [5.74, 6) is 0.291. The van der Waals surface area contributed by atoms with Crippen LogP contribution in [0, 0.1) is 5.92 Å². The molecule has 0 atom stereocenters. The number of esters is 1. The highest BCUT2D eigenvalue weighted by atomic mass is 16.5. The maximum atomic E-state index is 12.0. The van der Waals surface area contributed by atoms with Gasteiger partial charge in [-0.05, 0) is 60.4 Å². The van der Waals surface area contributed by atoms with E-state index in [1.165, 1.54) is 5.56 Å². The number of carbonyl (C=O) groups excluding carboxylic acids is 1. The van der Waals surface area contributed by atoms with E-state index in [9.17, 15) is 4.79 Å². The molecule has 0 N–H and O–H groups in total. The van der Waals surface area contributed by atoms with E-state index in [1.807, 2.05) is 56.3 Å². The van der Waals surface area contributed by atoms with E-state index in [-0.39, 0.29) is 11.9 Å². The quantitative estimate of drug-likeness (QED) is 0.252. The lowest BCUT2D eigenvalue weighted by Crippen LogP contribution is -2.19. The minimum absolute atomic E-state index is 0.0572. The van der Waals surface area contributed by atoms with Gasteiger partial charge in [-0.2, -0.15) is 10.2 Å². The first-order valence-electron chi connectivity index (χ1n) is 9.58. The zero-order valence-corrected chi connectivity index (χ0v) is 16.2. The van der Waals surface area contributed by atoms with Crippen molar-refractivity contribution in [2.75, 3.05) is 0 Å². The van der Waals surface area contributed by atoms with Crippen LogP contribution in [0.4, 0.5) is 11.4 Å². The summed E-state index contributed by atoms with van der Waals surface area (Å²) in [7, 11) is 0. The molecule has 0 bridgehead atoms. The Morgan fingerprint density at radius 1 is 0.750 bits per heavy atom. The molecule has 28 heavy (non-hydrogen) atoms. The van der Waals surface area contributed by atoms with Gasteiger partial charge in [-0.25, -0.2) is 0 Å². The fourth-order valence-corrected chi connectivity index (χ4v) is 2.87. The molecule has 3 aromatic carbocycles. The average molecular weight is 372 g/mol. The number of benzene rings is 3. The van der Waals surface area contributed by atoms with E-state index in [0.29, 0.717) is 11.4 Å². The highest BCUT2D eigenvalue weighted by Gasteiger charge is 2.16. The Morgan fingerprint density at radius 3 is 1.79 bits per heavy atom. The lowest BCUT2D eigenvalue weighted by molar-refractivity contribution is -0.139. The second kappa shape index (κ2) is 9.60. The highest BCUT2D eigenvalue weighted by molar-refractivity contribution is 5.75. The monoisotopic (exact) mass is 372 g/mol. The van der Waals surface area contributed by atoms with Gasteiger partial charge in [-0.3, -0.25) is 4.79 Å². The van der Waals surface area contributed by atoms with Crippen molar-refractivity contribution in [2.24, 2.45) is 16.1 Å². The third kappa shape index (κ3) is 5.13. The fraction of sp³-hybridized carbons (Fsp3) is 0.208. The highest BCUT2D eigenvalue weighted by Crippen LogP contribution is 2.25. The van der Waals surface area contributed by atoms with E-state index in [2.05, 4.69) is 22.4 Å². The van der Waals surface area contributed by atoms with Gasteiger partial charge in [0, 0.05) is 0 Å². The van der Waals surface area contributed by atoms with Crippen LogP contribution in [0.5, 0.6) is 5.75 Å². The molecule has 4 nitrogen and oxygen atoms in total. The Hall–Kier alpha value is -3.27. The van der Waals surface area contributed by atoms with E-state index in [4.69, 9.17) is 4.74 Å². The Kier molecular flexibility index (Phi) is 6.68. The van der Waals surface area contributed by atoms with E-state index in [1.54, 1.807) is 24.3 Å². The summed E-state index contributed by atoms with van der Waals surface area (Å²) in [5, 5.41) is 8.53. The van der Waals surface area contributed by atoms with E-state index < -0.39 is 0 Å². The van der Waals surface area contributed by atoms with Gasteiger partial charge >= 0.3 is 5.97 Å². The Morgan fingerprint density at radius 2 is 1.25 bits per heavy atom. The molecule has 0 aliphatic rings. The topological polar surface area (TPSA) is 51.0 Å². The molecule has 0 saturated heterocycles. The molecule has 3 rings (SSSR count). The number of ether oxygens (including phenoxy) is 1. The molecule has 0 fully saturated rings. The maximum absolute atomic E-state index is 12.0. The van der Waals surface area contributed by atoms with Gasteiger partial charge < -0.3 is 4.74 Å². The van der Waals surface area contributed by atoms with Crippen molar-refractivity contribution in [1.82, 2.24) is 0 Å². The summed E-state index contributed by atoms with van der Waals surface area (Å²) < 4.78 is 5.42. The molecule has 0 unspecified atom stereocenters. The van der Waals surface area contributed by atoms with Crippen molar-refractivity contribution in [1.29, 1.82) is 0 Å². The zero-order chi connectivity index (χ0) is 19.8. The zero-order valence-electron chi connectivity index (χ0n) is 16.2. The van der Waals surface area contributed by atoms with Crippen molar-refractivity contribution in [3.05, 3.63) is 78.9 Å². The third-order valence-corrected chi connectivity index (χ3v) is 4.63. The van der Waals surface area contributed by atoms with Crippen molar-refractivity contribution in [3.63, 3.8) is 0 Å².